The molecule has 0 radical (unpaired) electrons. The molecule has 0 aliphatic carbocycles. The summed E-state index contributed by atoms with van der Waals surface area (Å²) >= 11 is 0. The normalized spacial score (nSPS) is 10.1. The van der Waals surface area contributed by atoms with E-state index in [0.717, 1.165) is 11.3 Å². The SMILES string of the molecule is CCN(CCC(=O)O)C(=O)CCOc1cccc(C)c1. The van der Waals surface area contributed by atoms with E-state index in [1.54, 1.807) is 0 Å². The fourth-order valence-corrected chi connectivity index (χ4v) is 1.81. The summed E-state index contributed by atoms with van der Waals surface area (Å²) in [6.07, 6.45) is 0.222. The van der Waals surface area contributed by atoms with Crippen molar-refractivity contribution in [3.8, 4) is 5.75 Å². The average Bonchev–Trinajstić information content (AvgIpc) is 2.39. The number of carbonyl (C=O) groups excluding carboxylic acids is 1. The molecule has 110 valence electrons. The Kier molecular flexibility index (Phi) is 6.56. The molecule has 5 heteroatoms. The monoisotopic (exact) mass is 279 g/mol. The van der Waals surface area contributed by atoms with Gasteiger partial charge in [-0.05, 0) is 31.5 Å². The molecule has 1 aromatic carbocycles. The van der Waals surface area contributed by atoms with Gasteiger partial charge in [-0.25, -0.2) is 0 Å². The third kappa shape index (κ3) is 5.73. The van der Waals surface area contributed by atoms with Gasteiger partial charge in [0.1, 0.15) is 5.75 Å². The van der Waals surface area contributed by atoms with Crippen molar-refractivity contribution in [3.05, 3.63) is 29.8 Å². The Morgan fingerprint density at radius 2 is 2.05 bits per heavy atom. The van der Waals surface area contributed by atoms with Gasteiger partial charge in [0.25, 0.3) is 0 Å². The van der Waals surface area contributed by atoms with Gasteiger partial charge in [0.15, 0.2) is 0 Å². The van der Waals surface area contributed by atoms with E-state index in [1.165, 1.54) is 4.90 Å². The van der Waals surface area contributed by atoms with Gasteiger partial charge in [0, 0.05) is 13.1 Å². The fourth-order valence-electron chi connectivity index (χ4n) is 1.81. The number of nitrogens with zero attached hydrogens (tertiary/aromatic N) is 1. The van der Waals surface area contributed by atoms with Crippen LogP contribution in [0.2, 0.25) is 0 Å². The Hall–Kier alpha value is -2.04. The summed E-state index contributed by atoms with van der Waals surface area (Å²) in [7, 11) is 0. The molecular weight excluding hydrogens is 258 g/mol. The highest BCUT2D eigenvalue weighted by Crippen LogP contribution is 2.12. The van der Waals surface area contributed by atoms with Crippen LogP contribution >= 0.6 is 0 Å². The maximum absolute atomic E-state index is 11.9. The zero-order chi connectivity index (χ0) is 15.0. The summed E-state index contributed by atoms with van der Waals surface area (Å²) in [5.74, 6) is -0.236. The number of benzene rings is 1. The van der Waals surface area contributed by atoms with Gasteiger partial charge < -0.3 is 14.7 Å². The maximum Gasteiger partial charge on any atom is 0.305 e. The highest BCUT2D eigenvalue weighted by molar-refractivity contribution is 5.77. The van der Waals surface area contributed by atoms with Crippen LogP contribution in [0.25, 0.3) is 0 Å². The van der Waals surface area contributed by atoms with Crippen LogP contribution in [0.5, 0.6) is 5.75 Å². The second kappa shape index (κ2) is 8.19. The quantitative estimate of drug-likeness (QED) is 0.791. The largest absolute Gasteiger partial charge is 0.493 e. The Morgan fingerprint density at radius 3 is 2.65 bits per heavy atom. The first-order chi connectivity index (χ1) is 9.52. The Labute approximate surface area is 119 Å². The Balaban J connectivity index is 2.36. The molecule has 0 aromatic heterocycles. The van der Waals surface area contributed by atoms with E-state index in [-0.39, 0.29) is 25.3 Å². The predicted octanol–water partition coefficient (Wildman–Crippen LogP) is 2.09. The zero-order valence-electron chi connectivity index (χ0n) is 12.0. The van der Waals surface area contributed by atoms with Gasteiger partial charge in [0.2, 0.25) is 5.91 Å². The molecule has 0 spiro atoms. The molecule has 0 bridgehead atoms. The minimum atomic E-state index is -0.896. The number of ether oxygens (including phenoxy) is 1. The zero-order valence-corrected chi connectivity index (χ0v) is 12.0. The van der Waals surface area contributed by atoms with Gasteiger partial charge in [-0.1, -0.05) is 12.1 Å². The number of hydrogen-bond acceptors (Lipinski definition) is 3. The van der Waals surface area contributed by atoms with Crippen molar-refractivity contribution in [1.82, 2.24) is 4.90 Å². The van der Waals surface area contributed by atoms with Crippen molar-refractivity contribution >= 4 is 11.9 Å². The third-order valence-electron chi connectivity index (χ3n) is 2.90. The van der Waals surface area contributed by atoms with Gasteiger partial charge in [-0.3, -0.25) is 9.59 Å². The van der Waals surface area contributed by atoms with Crippen LogP contribution in [0.15, 0.2) is 24.3 Å². The van der Waals surface area contributed by atoms with Crippen molar-refractivity contribution < 1.29 is 19.4 Å². The number of carbonyl (C=O) groups is 2. The van der Waals surface area contributed by atoms with Crippen molar-refractivity contribution in [1.29, 1.82) is 0 Å². The number of rotatable bonds is 8. The first-order valence-corrected chi connectivity index (χ1v) is 6.72. The number of carboxylic acid groups (broad SMARTS) is 1. The van der Waals surface area contributed by atoms with E-state index < -0.39 is 5.97 Å². The molecule has 0 unspecified atom stereocenters. The molecule has 1 aromatic rings. The van der Waals surface area contributed by atoms with Crippen molar-refractivity contribution in [2.75, 3.05) is 19.7 Å². The molecule has 0 heterocycles. The summed E-state index contributed by atoms with van der Waals surface area (Å²) in [5, 5.41) is 8.63. The second-order valence-electron chi connectivity index (χ2n) is 4.53. The molecule has 1 N–H and O–H groups in total. The Morgan fingerprint density at radius 1 is 1.30 bits per heavy atom. The van der Waals surface area contributed by atoms with E-state index in [4.69, 9.17) is 9.84 Å². The topological polar surface area (TPSA) is 66.8 Å². The van der Waals surface area contributed by atoms with E-state index in [1.807, 2.05) is 38.1 Å². The van der Waals surface area contributed by atoms with E-state index in [0.29, 0.717) is 13.2 Å². The van der Waals surface area contributed by atoms with Gasteiger partial charge in [0.05, 0.1) is 19.4 Å². The lowest BCUT2D eigenvalue weighted by Crippen LogP contribution is -2.33. The summed E-state index contributed by atoms with van der Waals surface area (Å²) in [6.45, 7) is 4.86. The predicted molar refractivity (Wildman–Crippen MR) is 75.8 cm³/mol. The molecule has 0 fully saturated rings. The molecule has 0 aliphatic heterocycles. The molecule has 0 saturated heterocycles. The lowest BCUT2D eigenvalue weighted by Gasteiger charge is -2.20. The summed E-state index contributed by atoms with van der Waals surface area (Å²) < 4.78 is 5.51. The van der Waals surface area contributed by atoms with E-state index in [9.17, 15) is 9.59 Å². The molecule has 1 rings (SSSR count). The minimum Gasteiger partial charge on any atom is -0.493 e. The Bertz CT molecular complexity index is 459. The van der Waals surface area contributed by atoms with Crippen LogP contribution in [0.1, 0.15) is 25.3 Å². The highest BCUT2D eigenvalue weighted by Gasteiger charge is 2.12. The standard InChI is InChI=1S/C15H21NO4/c1-3-16(9-7-15(18)19)14(17)8-10-20-13-6-4-5-12(2)11-13/h4-6,11H,3,7-10H2,1-2H3,(H,18,19). The number of amides is 1. The molecule has 1 amide bonds. The number of carboxylic acids is 1. The lowest BCUT2D eigenvalue weighted by molar-refractivity contribution is -0.138. The van der Waals surface area contributed by atoms with E-state index >= 15 is 0 Å². The van der Waals surface area contributed by atoms with Crippen LogP contribution in [-0.2, 0) is 9.59 Å². The van der Waals surface area contributed by atoms with Gasteiger partial charge >= 0.3 is 5.97 Å². The van der Waals surface area contributed by atoms with Crippen LogP contribution < -0.4 is 4.74 Å². The van der Waals surface area contributed by atoms with E-state index in [2.05, 4.69) is 0 Å². The summed E-state index contributed by atoms with van der Waals surface area (Å²) in [6, 6.07) is 7.63. The van der Waals surface area contributed by atoms with Crippen LogP contribution in [0.4, 0.5) is 0 Å². The molecule has 0 atom stereocenters. The first kappa shape index (κ1) is 16.0. The van der Waals surface area contributed by atoms with Crippen molar-refractivity contribution in [2.45, 2.75) is 26.7 Å². The number of aryl methyl sites for hydroxylation is 1. The molecule has 20 heavy (non-hydrogen) atoms. The van der Waals surface area contributed by atoms with Crippen LogP contribution in [-0.4, -0.2) is 41.6 Å². The molecule has 0 saturated carbocycles. The first-order valence-electron chi connectivity index (χ1n) is 6.72. The third-order valence-corrected chi connectivity index (χ3v) is 2.90. The summed E-state index contributed by atoms with van der Waals surface area (Å²) in [5.41, 5.74) is 1.10. The number of aliphatic carboxylic acids is 1. The van der Waals surface area contributed by atoms with Gasteiger partial charge in [-0.15, -0.1) is 0 Å². The molecular formula is C15H21NO4. The second-order valence-corrected chi connectivity index (χ2v) is 4.53. The van der Waals surface area contributed by atoms with Crippen LogP contribution in [0, 0.1) is 6.92 Å². The maximum atomic E-state index is 11.9. The molecule has 5 nitrogen and oxygen atoms in total. The van der Waals surface area contributed by atoms with Crippen molar-refractivity contribution in [2.24, 2.45) is 0 Å². The molecule has 0 aliphatic rings. The average molecular weight is 279 g/mol. The fraction of sp³-hybridized carbons (Fsp3) is 0.467. The van der Waals surface area contributed by atoms with Crippen LogP contribution in [0.3, 0.4) is 0 Å². The summed E-state index contributed by atoms with van der Waals surface area (Å²) in [4.78, 5) is 23.9. The minimum absolute atomic E-state index is 0.0294. The van der Waals surface area contributed by atoms with Gasteiger partial charge in [-0.2, -0.15) is 0 Å². The van der Waals surface area contributed by atoms with Crippen molar-refractivity contribution in [3.63, 3.8) is 0 Å². The highest BCUT2D eigenvalue weighted by atomic mass is 16.5. The smallest absolute Gasteiger partial charge is 0.305 e. The number of hydrogen-bond donors (Lipinski definition) is 1. The lowest BCUT2D eigenvalue weighted by atomic mass is 10.2.